The van der Waals surface area contributed by atoms with Gasteiger partial charge in [-0.2, -0.15) is 0 Å². The molecule has 0 aromatic heterocycles. The van der Waals surface area contributed by atoms with E-state index in [1.165, 1.54) is 0 Å². The highest BCUT2D eigenvalue weighted by atomic mass is 16.3. The van der Waals surface area contributed by atoms with Crippen LogP contribution in [0.1, 0.15) is 28.2 Å². The minimum absolute atomic E-state index is 0. The van der Waals surface area contributed by atoms with Crippen LogP contribution >= 0.6 is 0 Å². The van der Waals surface area contributed by atoms with Crippen molar-refractivity contribution in [1.82, 2.24) is 4.90 Å². The van der Waals surface area contributed by atoms with Crippen molar-refractivity contribution in [2.45, 2.75) is 39.8 Å². The molecule has 0 spiro atoms. The molecule has 0 aromatic carbocycles. The molecule has 1 N–H and O–H groups in total. The Bertz CT molecular complexity index is 100. The largest absolute Gasteiger partial charge is 0.390 e. The highest BCUT2D eigenvalue weighted by Gasteiger charge is 2.32. The Kier molecular flexibility index (Phi) is 2.86. The molecule has 1 aliphatic rings. The minimum Gasteiger partial charge on any atom is -0.390 e. The third-order valence-corrected chi connectivity index (χ3v) is 1.81. The van der Waals surface area contributed by atoms with Crippen molar-refractivity contribution in [3.63, 3.8) is 0 Å². The van der Waals surface area contributed by atoms with Crippen LogP contribution in [0.25, 0.3) is 0 Å². The standard InChI is InChI=1S/C7H15NO.CH4/c1-7(2,3)8-4-6(9)5-8;/h6,9H,4-5H2,1-3H3;1H4. The second kappa shape index (κ2) is 2.89. The van der Waals surface area contributed by atoms with Crippen LogP contribution in [0.4, 0.5) is 0 Å². The molecule has 0 aromatic rings. The first-order valence-corrected chi connectivity index (χ1v) is 3.43. The van der Waals surface area contributed by atoms with Crippen molar-refractivity contribution >= 4 is 0 Å². The SMILES string of the molecule is C.CC(C)(C)N1CC(O)C1. The predicted molar refractivity (Wildman–Crippen MR) is 44.1 cm³/mol. The van der Waals surface area contributed by atoms with Gasteiger partial charge in [-0.25, -0.2) is 0 Å². The Hall–Kier alpha value is -0.0800. The molecule has 1 fully saturated rings. The van der Waals surface area contributed by atoms with E-state index in [-0.39, 0.29) is 19.1 Å². The van der Waals surface area contributed by atoms with Gasteiger partial charge < -0.3 is 5.11 Å². The molecule has 1 rings (SSSR count). The van der Waals surface area contributed by atoms with Crippen LogP contribution in [0.2, 0.25) is 0 Å². The van der Waals surface area contributed by atoms with E-state index in [4.69, 9.17) is 5.11 Å². The molecular weight excluding hydrogens is 126 g/mol. The Balaban J connectivity index is 0.000000810. The second-order valence-electron chi connectivity index (χ2n) is 3.73. The third-order valence-electron chi connectivity index (χ3n) is 1.81. The van der Waals surface area contributed by atoms with E-state index in [9.17, 15) is 0 Å². The zero-order valence-electron chi connectivity index (χ0n) is 6.39. The molecule has 2 nitrogen and oxygen atoms in total. The van der Waals surface area contributed by atoms with Crippen LogP contribution in [-0.2, 0) is 0 Å². The lowest BCUT2D eigenvalue weighted by atomic mass is 9.99. The van der Waals surface area contributed by atoms with Crippen molar-refractivity contribution in [3.05, 3.63) is 0 Å². The normalized spacial score (nSPS) is 21.6. The minimum atomic E-state index is -0.0655. The Labute approximate surface area is 63.8 Å². The summed E-state index contributed by atoms with van der Waals surface area (Å²) >= 11 is 0. The van der Waals surface area contributed by atoms with E-state index in [1.54, 1.807) is 0 Å². The molecule has 0 unspecified atom stereocenters. The first-order chi connectivity index (χ1) is 4.00. The number of hydrogen-bond acceptors (Lipinski definition) is 2. The van der Waals surface area contributed by atoms with E-state index in [2.05, 4.69) is 25.7 Å². The van der Waals surface area contributed by atoms with E-state index in [0.717, 1.165) is 13.1 Å². The molecule has 0 aliphatic carbocycles. The molecule has 0 bridgehead atoms. The van der Waals surface area contributed by atoms with Crippen molar-refractivity contribution in [1.29, 1.82) is 0 Å². The van der Waals surface area contributed by atoms with Gasteiger partial charge in [-0.1, -0.05) is 7.43 Å². The van der Waals surface area contributed by atoms with Gasteiger partial charge in [0.2, 0.25) is 0 Å². The summed E-state index contributed by atoms with van der Waals surface area (Å²) < 4.78 is 0. The Morgan fingerprint density at radius 2 is 1.70 bits per heavy atom. The van der Waals surface area contributed by atoms with Crippen LogP contribution in [0.5, 0.6) is 0 Å². The van der Waals surface area contributed by atoms with Crippen LogP contribution in [0.3, 0.4) is 0 Å². The molecular formula is C8H19NO. The lowest BCUT2D eigenvalue weighted by Gasteiger charge is -2.45. The van der Waals surface area contributed by atoms with Crippen LogP contribution in [-0.4, -0.2) is 34.7 Å². The summed E-state index contributed by atoms with van der Waals surface area (Å²) in [6.07, 6.45) is -0.0655. The quantitative estimate of drug-likeness (QED) is 0.551. The van der Waals surface area contributed by atoms with Crippen LogP contribution in [0.15, 0.2) is 0 Å². The van der Waals surface area contributed by atoms with Gasteiger partial charge in [0.15, 0.2) is 0 Å². The van der Waals surface area contributed by atoms with Crippen molar-refractivity contribution in [3.8, 4) is 0 Å². The summed E-state index contributed by atoms with van der Waals surface area (Å²) in [5.74, 6) is 0. The molecule has 1 aliphatic heterocycles. The van der Waals surface area contributed by atoms with Crippen molar-refractivity contribution < 1.29 is 5.11 Å². The molecule has 1 heterocycles. The van der Waals surface area contributed by atoms with Gasteiger partial charge in [0.1, 0.15) is 0 Å². The zero-order valence-corrected chi connectivity index (χ0v) is 6.39. The predicted octanol–water partition coefficient (Wildman–Crippen LogP) is 1.10. The van der Waals surface area contributed by atoms with E-state index in [0.29, 0.717) is 0 Å². The van der Waals surface area contributed by atoms with E-state index >= 15 is 0 Å². The molecule has 2 heteroatoms. The van der Waals surface area contributed by atoms with Gasteiger partial charge in [-0.3, -0.25) is 4.90 Å². The summed E-state index contributed by atoms with van der Waals surface area (Å²) in [7, 11) is 0. The van der Waals surface area contributed by atoms with Gasteiger partial charge in [-0.15, -0.1) is 0 Å². The molecule has 10 heavy (non-hydrogen) atoms. The lowest BCUT2D eigenvalue weighted by molar-refractivity contribution is -0.0485. The van der Waals surface area contributed by atoms with Crippen molar-refractivity contribution in [2.24, 2.45) is 0 Å². The number of likely N-dealkylation sites (tertiary alicyclic amines) is 1. The Morgan fingerprint density at radius 1 is 1.30 bits per heavy atom. The molecule has 1 saturated heterocycles. The first-order valence-electron chi connectivity index (χ1n) is 3.43. The highest BCUT2D eigenvalue weighted by Crippen LogP contribution is 2.20. The molecule has 0 radical (unpaired) electrons. The monoisotopic (exact) mass is 145 g/mol. The smallest absolute Gasteiger partial charge is 0.0794 e. The van der Waals surface area contributed by atoms with Crippen molar-refractivity contribution in [2.75, 3.05) is 13.1 Å². The average Bonchev–Trinajstić information content (AvgIpc) is 1.55. The second-order valence-corrected chi connectivity index (χ2v) is 3.73. The number of β-amino-alcohol motifs (C(OH)–C–C–N with tert-alkyl or cyclic N) is 1. The van der Waals surface area contributed by atoms with Gasteiger partial charge in [0, 0.05) is 18.6 Å². The van der Waals surface area contributed by atoms with Gasteiger partial charge in [0.25, 0.3) is 0 Å². The summed E-state index contributed by atoms with van der Waals surface area (Å²) in [6, 6.07) is 0. The molecule has 0 atom stereocenters. The number of aliphatic hydroxyl groups is 1. The van der Waals surface area contributed by atoms with E-state index in [1.807, 2.05) is 0 Å². The van der Waals surface area contributed by atoms with Gasteiger partial charge >= 0.3 is 0 Å². The number of aliphatic hydroxyl groups excluding tert-OH is 1. The maximum Gasteiger partial charge on any atom is 0.0794 e. The third kappa shape index (κ3) is 1.96. The maximum atomic E-state index is 8.94. The maximum absolute atomic E-state index is 8.94. The zero-order chi connectivity index (χ0) is 7.07. The fourth-order valence-electron chi connectivity index (χ4n) is 1.00. The van der Waals surface area contributed by atoms with Crippen LogP contribution < -0.4 is 0 Å². The molecule has 62 valence electrons. The molecule has 0 saturated carbocycles. The van der Waals surface area contributed by atoms with Gasteiger partial charge in [-0.05, 0) is 20.8 Å². The number of nitrogens with zero attached hydrogens (tertiary/aromatic N) is 1. The summed E-state index contributed by atoms with van der Waals surface area (Å²) in [4.78, 5) is 2.26. The van der Waals surface area contributed by atoms with Gasteiger partial charge in [0.05, 0.1) is 6.10 Å². The van der Waals surface area contributed by atoms with Crippen LogP contribution in [0, 0.1) is 0 Å². The topological polar surface area (TPSA) is 23.5 Å². The average molecular weight is 145 g/mol. The first kappa shape index (κ1) is 9.92. The fraction of sp³-hybridized carbons (Fsp3) is 1.00. The summed E-state index contributed by atoms with van der Waals surface area (Å²) in [5, 5.41) is 8.94. The highest BCUT2D eigenvalue weighted by molar-refractivity contribution is 4.87. The molecule has 0 amide bonds. The summed E-state index contributed by atoms with van der Waals surface area (Å²) in [6.45, 7) is 8.20. The summed E-state index contributed by atoms with van der Waals surface area (Å²) in [5.41, 5.74) is 0.249. The van der Waals surface area contributed by atoms with E-state index < -0.39 is 0 Å². The number of rotatable bonds is 0. The fourth-order valence-corrected chi connectivity index (χ4v) is 1.00. The lowest BCUT2D eigenvalue weighted by Crippen LogP contribution is -2.58. The number of hydrogen-bond donors (Lipinski definition) is 1. The Morgan fingerprint density at radius 3 is 1.80 bits per heavy atom.